The van der Waals surface area contributed by atoms with Crippen LogP contribution in [-0.4, -0.2) is 112 Å². The molecule has 0 unspecified atom stereocenters. The maximum Gasteiger partial charge on any atom is 0.307 e. The van der Waals surface area contributed by atoms with Crippen LogP contribution < -0.4 is 0 Å². The van der Waals surface area contributed by atoms with E-state index in [1.165, 1.54) is 22.3 Å². The molecule has 0 aromatic heterocycles. The van der Waals surface area contributed by atoms with Gasteiger partial charge in [-0.25, -0.2) is 0 Å². The summed E-state index contributed by atoms with van der Waals surface area (Å²) in [6.07, 6.45) is 32.1. The van der Waals surface area contributed by atoms with E-state index in [0.717, 1.165) is 51.4 Å². The number of unbranched alkanes of at least 4 members (excludes halogenated alkanes) is 4. The van der Waals surface area contributed by atoms with Gasteiger partial charge in [0.05, 0.1) is 39.0 Å². The Kier molecular flexibility index (Phi) is 36.8. The number of allylic oxidation sites excluding steroid dienone is 12. The van der Waals surface area contributed by atoms with E-state index in [2.05, 4.69) is 79.7 Å². The van der Waals surface area contributed by atoms with E-state index in [1.54, 1.807) is 0 Å². The summed E-state index contributed by atoms with van der Waals surface area (Å²) in [5.41, 5.74) is 5.11. The number of carbonyl (C=O) groups is 4. The molecule has 0 aliphatic carbocycles. The van der Waals surface area contributed by atoms with Gasteiger partial charge in [0.25, 0.3) is 0 Å². The Labute approximate surface area is 376 Å². The molecule has 0 fully saturated rings. The first-order valence-electron chi connectivity index (χ1n) is 22.6. The van der Waals surface area contributed by atoms with Crippen LogP contribution in [0.15, 0.2) is 95.2 Å². The Bertz CT molecular complexity index is 1270. The molecule has 11 nitrogen and oxygen atoms in total. The summed E-state index contributed by atoms with van der Waals surface area (Å²) in [6.45, 7) is 19.7. The van der Waals surface area contributed by atoms with Crippen LogP contribution in [0, 0.1) is 0 Å². The summed E-state index contributed by atoms with van der Waals surface area (Å²) in [4.78, 5) is 57.0. The molecule has 0 aliphatic heterocycles. The third-order valence-electron chi connectivity index (χ3n) is 8.98. The minimum atomic E-state index is -0.323. The lowest BCUT2D eigenvalue weighted by Crippen LogP contribution is -2.44. The summed E-state index contributed by atoms with van der Waals surface area (Å²) in [6, 6.07) is 0. The number of hydrogen-bond acceptors (Lipinski definition) is 11. The van der Waals surface area contributed by atoms with Crippen molar-refractivity contribution < 1.29 is 38.1 Å². The number of esters is 4. The third kappa shape index (κ3) is 41.1. The van der Waals surface area contributed by atoms with Crippen molar-refractivity contribution in [2.24, 2.45) is 0 Å². The molecule has 0 bridgehead atoms. The van der Waals surface area contributed by atoms with Crippen molar-refractivity contribution in [2.75, 3.05) is 73.0 Å². The molecule has 0 atom stereocenters. The molecule has 0 heterocycles. The highest BCUT2D eigenvalue weighted by atomic mass is 16.5. The highest BCUT2D eigenvalue weighted by Crippen LogP contribution is 2.06. The van der Waals surface area contributed by atoms with Crippen molar-refractivity contribution in [2.45, 2.75) is 132 Å². The molecule has 62 heavy (non-hydrogen) atoms. The molecule has 0 aromatic carbocycles. The molecule has 350 valence electrons. The molecule has 0 N–H and O–H groups in total. The average molecular weight is 866 g/mol. The topological polar surface area (TPSA) is 115 Å². The Balaban J connectivity index is 5.56. The maximum atomic E-state index is 12.7. The monoisotopic (exact) mass is 866 g/mol. The van der Waals surface area contributed by atoms with Crippen LogP contribution in [0.25, 0.3) is 0 Å². The first kappa shape index (κ1) is 57.7. The van der Waals surface area contributed by atoms with Crippen LogP contribution in [0.4, 0.5) is 0 Å². The second-order valence-electron chi connectivity index (χ2n) is 16.4. The largest absolute Gasteiger partial charge is 0.461 e. The molecule has 0 aromatic rings. The van der Waals surface area contributed by atoms with E-state index in [1.807, 2.05) is 70.4 Å². The van der Waals surface area contributed by atoms with Crippen LogP contribution in [0.1, 0.15) is 132 Å². The molecule has 0 radical (unpaired) electrons. The SMILES string of the molecule is CC(C)=CCC/C=C\COC(=O)CCN(CCC(=O)OC/C=C\CCC=C(C)C)CN(C)CN(CCC(=O)OC/C=C\CCC=C(C)C)CCC(=O)OC/C=C\CCC=C(C)C. The predicted octanol–water partition coefficient (Wildman–Crippen LogP) is 10.4. The standard InChI is InChI=1S/C51H83N3O8/c1-44(2)26-18-10-14-22-38-59-48(55)30-34-53(35-31-49(56)60-39-23-15-11-19-27-45(3)4)42-52(9)43-54(36-32-50(57)61-40-24-16-12-20-28-46(5)6)37-33-51(58)62-41-25-17-13-21-29-47(7)8/h14-17,22-29H,10-13,18-21,30-43H2,1-9H3/b22-14-,23-15-,24-16-,25-17-. The minimum Gasteiger partial charge on any atom is -0.461 e. The molecule has 11 heteroatoms. The summed E-state index contributed by atoms with van der Waals surface area (Å²) in [7, 11) is 1.92. The van der Waals surface area contributed by atoms with E-state index >= 15 is 0 Å². The van der Waals surface area contributed by atoms with Gasteiger partial charge in [-0.2, -0.15) is 0 Å². The molecule has 0 saturated heterocycles. The van der Waals surface area contributed by atoms with Gasteiger partial charge in [0.15, 0.2) is 0 Å². The lowest BCUT2D eigenvalue weighted by Gasteiger charge is -2.32. The van der Waals surface area contributed by atoms with E-state index in [0.29, 0.717) is 39.5 Å². The van der Waals surface area contributed by atoms with E-state index < -0.39 is 0 Å². The maximum absolute atomic E-state index is 12.7. The third-order valence-corrected chi connectivity index (χ3v) is 8.98. The smallest absolute Gasteiger partial charge is 0.307 e. The van der Waals surface area contributed by atoms with E-state index in [4.69, 9.17) is 18.9 Å². The Morgan fingerprint density at radius 1 is 0.355 bits per heavy atom. The zero-order valence-electron chi connectivity index (χ0n) is 40.1. The lowest BCUT2D eigenvalue weighted by atomic mass is 10.2. The van der Waals surface area contributed by atoms with Gasteiger partial charge in [0.2, 0.25) is 0 Å². The minimum absolute atomic E-state index is 0.150. The van der Waals surface area contributed by atoms with Crippen LogP contribution in [0.3, 0.4) is 0 Å². The molecule has 0 amide bonds. The van der Waals surface area contributed by atoms with Crippen LogP contribution >= 0.6 is 0 Å². The van der Waals surface area contributed by atoms with Gasteiger partial charge in [0.1, 0.15) is 26.4 Å². The van der Waals surface area contributed by atoms with Gasteiger partial charge < -0.3 is 18.9 Å². The van der Waals surface area contributed by atoms with E-state index in [9.17, 15) is 19.2 Å². The van der Waals surface area contributed by atoms with Crippen LogP contribution in [0.5, 0.6) is 0 Å². The number of rotatable bonds is 36. The lowest BCUT2D eigenvalue weighted by molar-refractivity contribution is -0.144. The van der Waals surface area contributed by atoms with Crippen LogP contribution in [0.2, 0.25) is 0 Å². The fourth-order valence-electron chi connectivity index (χ4n) is 5.70. The molecule has 0 rings (SSSR count). The van der Waals surface area contributed by atoms with Crippen molar-refractivity contribution in [3.05, 3.63) is 95.2 Å². The first-order valence-corrected chi connectivity index (χ1v) is 22.6. The Morgan fingerprint density at radius 3 is 0.790 bits per heavy atom. The summed E-state index contributed by atoms with van der Waals surface area (Å²) >= 11 is 0. The van der Waals surface area contributed by atoms with Crippen molar-refractivity contribution in [1.82, 2.24) is 14.7 Å². The summed E-state index contributed by atoms with van der Waals surface area (Å²) in [5, 5.41) is 0. The zero-order chi connectivity index (χ0) is 46.2. The van der Waals surface area contributed by atoms with Gasteiger partial charge in [-0.05, 0) is 114 Å². The number of carbonyl (C=O) groups excluding carboxylic acids is 4. The van der Waals surface area contributed by atoms with E-state index in [-0.39, 0.29) is 76.0 Å². The fourth-order valence-corrected chi connectivity index (χ4v) is 5.70. The van der Waals surface area contributed by atoms with Gasteiger partial charge in [-0.3, -0.25) is 33.9 Å². The van der Waals surface area contributed by atoms with Gasteiger partial charge >= 0.3 is 23.9 Å². The summed E-state index contributed by atoms with van der Waals surface area (Å²) < 4.78 is 21.8. The number of ether oxygens (including phenoxy) is 4. The first-order chi connectivity index (χ1) is 29.7. The van der Waals surface area contributed by atoms with Gasteiger partial charge in [0, 0.05) is 26.2 Å². The number of hydrogen-bond donors (Lipinski definition) is 0. The second-order valence-corrected chi connectivity index (χ2v) is 16.4. The quantitative estimate of drug-likeness (QED) is 0.0197. The average Bonchev–Trinajstić information content (AvgIpc) is 3.20. The molecule has 0 spiro atoms. The molecular formula is C51H83N3O8. The molecular weight excluding hydrogens is 783 g/mol. The zero-order valence-corrected chi connectivity index (χ0v) is 40.1. The van der Waals surface area contributed by atoms with Crippen molar-refractivity contribution in [3.63, 3.8) is 0 Å². The Morgan fingerprint density at radius 2 is 0.581 bits per heavy atom. The highest BCUT2D eigenvalue weighted by molar-refractivity contribution is 5.71. The normalized spacial score (nSPS) is 11.5. The highest BCUT2D eigenvalue weighted by Gasteiger charge is 2.18. The molecule has 0 aliphatic rings. The van der Waals surface area contributed by atoms with Crippen molar-refractivity contribution in [1.29, 1.82) is 0 Å². The van der Waals surface area contributed by atoms with Crippen molar-refractivity contribution in [3.8, 4) is 0 Å². The number of nitrogens with zero attached hydrogens (tertiary/aromatic N) is 3. The van der Waals surface area contributed by atoms with Gasteiger partial charge in [-0.1, -0.05) is 95.2 Å². The fraction of sp³-hybridized carbons (Fsp3) is 0.608. The molecule has 0 saturated carbocycles. The van der Waals surface area contributed by atoms with Crippen LogP contribution in [-0.2, 0) is 38.1 Å². The Hall–Kier alpha value is -4.32. The summed E-state index contributed by atoms with van der Waals surface area (Å²) in [5.74, 6) is -1.29. The van der Waals surface area contributed by atoms with Gasteiger partial charge in [-0.15, -0.1) is 0 Å². The second kappa shape index (κ2) is 39.5. The van der Waals surface area contributed by atoms with Crippen molar-refractivity contribution >= 4 is 23.9 Å². The predicted molar refractivity (Wildman–Crippen MR) is 254 cm³/mol.